The molecule has 0 aliphatic carbocycles. The lowest BCUT2D eigenvalue weighted by Crippen LogP contribution is -2.42. The maximum absolute atomic E-state index is 12.9. The predicted molar refractivity (Wildman–Crippen MR) is 106 cm³/mol. The Balaban J connectivity index is 1.79. The van der Waals surface area contributed by atoms with E-state index in [4.69, 9.17) is 0 Å². The Labute approximate surface area is 160 Å². The molecule has 132 valence electrons. The molecule has 0 unspecified atom stereocenters. The molecule has 1 amide bonds. The number of anilines is 1. The zero-order valence-corrected chi connectivity index (χ0v) is 16.7. The van der Waals surface area contributed by atoms with Crippen LogP contribution in [0, 0.1) is 0 Å². The molecule has 1 aliphatic heterocycles. The van der Waals surface area contributed by atoms with Crippen LogP contribution in [0.3, 0.4) is 0 Å². The number of halogens is 1. The Hall–Kier alpha value is -1.31. The number of amides is 1. The number of para-hydroxylation sites is 1. The van der Waals surface area contributed by atoms with E-state index in [1.807, 2.05) is 54.6 Å². The SMILES string of the molecule is O=C(CSc1ccccc1Br)N(c1ccccc1)[C@H]1CCS(=O)(=O)C1. The molecule has 0 saturated carbocycles. The predicted octanol–water partition coefficient (Wildman–Crippen LogP) is 3.76. The molecular weight excluding hydrogens is 422 g/mol. The molecule has 2 aromatic carbocycles. The number of hydrogen-bond donors (Lipinski definition) is 0. The fourth-order valence-electron chi connectivity index (χ4n) is 2.90. The van der Waals surface area contributed by atoms with Crippen LogP contribution in [0.1, 0.15) is 6.42 Å². The molecule has 1 atom stereocenters. The fourth-order valence-corrected chi connectivity index (χ4v) is 6.02. The fraction of sp³-hybridized carbons (Fsp3) is 0.278. The third kappa shape index (κ3) is 4.65. The smallest absolute Gasteiger partial charge is 0.237 e. The van der Waals surface area contributed by atoms with Gasteiger partial charge in [-0.1, -0.05) is 30.3 Å². The van der Waals surface area contributed by atoms with Gasteiger partial charge in [-0.25, -0.2) is 8.42 Å². The van der Waals surface area contributed by atoms with Gasteiger partial charge in [-0.05, 0) is 46.6 Å². The van der Waals surface area contributed by atoms with Crippen LogP contribution in [-0.4, -0.2) is 37.6 Å². The first kappa shape index (κ1) is 18.5. The summed E-state index contributed by atoms with van der Waals surface area (Å²) in [6.07, 6.45) is 0.489. The lowest BCUT2D eigenvalue weighted by Gasteiger charge is -2.28. The van der Waals surface area contributed by atoms with Gasteiger partial charge in [0, 0.05) is 15.1 Å². The average molecular weight is 440 g/mol. The summed E-state index contributed by atoms with van der Waals surface area (Å²) in [5.41, 5.74) is 0.752. The van der Waals surface area contributed by atoms with Crippen molar-refractivity contribution in [3.8, 4) is 0 Å². The zero-order chi connectivity index (χ0) is 17.9. The minimum atomic E-state index is -3.06. The van der Waals surface area contributed by atoms with Crippen LogP contribution >= 0.6 is 27.7 Å². The summed E-state index contributed by atoms with van der Waals surface area (Å²) in [5.74, 6) is 0.363. The van der Waals surface area contributed by atoms with Gasteiger partial charge in [0.15, 0.2) is 9.84 Å². The molecule has 7 heteroatoms. The highest BCUT2D eigenvalue weighted by Gasteiger charge is 2.35. The molecule has 0 spiro atoms. The second-order valence-electron chi connectivity index (χ2n) is 5.88. The van der Waals surface area contributed by atoms with E-state index in [0.717, 1.165) is 15.1 Å². The van der Waals surface area contributed by atoms with E-state index in [1.165, 1.54) is 11.8 Å². The summed E-state index contributed by atoms with van der Waals surface area (Å²) in [6.45, 7) is 0. The third-order valence-corrected chi connectivity index (χ3v) is 7.83. The number of nitrogens with zero attached hydrogens (tertiary/aromatic N) is 1. The summed E-state index contributed by atoms with van der Waals surface area (Å²) in [6, 6.07) is 16.8. The Kier molecular flexibility index (Phi) is 5.86. The normalized spacial score (nSPS) is 18.8. The van der Waals surface area contributed by atoms with Gasteiger partial charge < -0.3 is 4.90 Å². The van der Waals surface area contributed by atoms with Crippen molar-refractivity contribution in [1.82, 2.24) is 0 Å². The Bertz CT molecular complexity index is 856. The molecule has 1 fully saturated rings. The Morgan fingerprint density at radius 3 is 2.44 bits per heavy atom. The number of sulfone groups is 1. The molecule has 0 N–H and O–H groups in total. The largest absolute Gasteiger partial charge is 0.308 e. The summed E-state index contributed by atoms with van der Waals surface area (Å²) >= 11 is 4.93. The van der Waals surface area contributed by atoms with Crippen LogP contribution in [0.2, 0.25) is 0 Å². The highest BCUT2D eigenvalue weighted by molar-refractivity contribution is 9.10. The molecule has 1 saturated heterocycles. The number of carbonyl (C=O) groups excluding carboxylic acids is 1. The summed E-state index contributed by atoms with van der Waals surface area (Å²) in [4.78, 5) is 15.6. The maximum Gasteiger partial charge on any atom is 0.237 e. The molecule has 25 heavy (non-hydrogen) atoms. The van der Waals surface area contributed by atoms with Gasteiger partial charge in [-0.15, -0.1) is 11.8 Å². The van der Waals surface area contributed by atoms with Crippen molar-refractivity contribution < 1.29 is 13.2 Å². The highest BCUT2D eigenvalue weighted by Crippen LogP contribution is 2.29. The monoisotopic (exact) mass is 439 g/mol. The Morgan fingerprint density at radius 1 is 1.12 bits per heavy atom. The first-order valence-corrected chi connectivity index (χ1v) is 11.5. The molecular formula is C18H18BrNO3S2. The molecule has 0 bridgehead atoms. The lowest BCUT2D eigenvalue weighted by atomic mass is 10.2. The van der Waals surface area contributed by atoms with E-state index in [1.54, 1.807) is 4.90 Å². The summed E-state index contributed by atoms with van der Waals surface area (Å²) in [7, 11) is -3.06. The van der Waals surface area contributed by atoms with Gasteiger partial charge in [-0.3, -0.25) is 4.79 Å². The van der Waals surface area contributed by atoms with Crippen LogP contribution in [0.25, 0.3) is 0 Å². The lowest BCUT2D eigenvalue weighted by molar-refractivity contribution is -0.116. The maximum atomic E-state index is 12.9. The molecule has 0 aromatic heterocycles. The second-order valence-corrected chi connectivity index (χ2v) is 9.98. The van der Waals surface area contributed by atoms with E-state index in [2.05, 4.69) is 15.9 Å². The van der Waals surface area contributed by atoms with Crippen LogP contribution in [0.15, 0.2) is 64.0 Å². The van der Waals surface area contributed by atoms with Gasteiger partial charge in [0.1, 0.15) is 0 Å². The molecule has 1 aliphatic rings. The number of thioether (sulfide) groups is 1. The van der Waals surface area contributed by atoms with Crippen molar-refractivity contribution in [1.29, 1.82) is 0 Å². The number of hydrogen-bond acceptors (Lipinski definition) is 4. The Morgan fingerprint density at radius 2 is 1.80 bits per heavy atom. The second kappa shape index (κ2) is 7.93. The van der Waals surface area contributed by atoms with Crippen molar-refractivity contribution in [3.05, 3.63) is 59.1 Å². The summed E-state index contributed by atoms with van der Waals surface area (Å²) in [5, 5.41) is 0. The molecule has 4 nitrogen and oxygen atoms in total. The van der Waals surface area contributed by atoms with Gasteiger partial charge >= 0.3 is 0 Å². The van der Waals surface area contributed by atoms with E-state index in [9.17, 15) is 13.2 Å². The molecule has 3 rings (SSSR count). The van der Waals surface area contributed by atoms with Crippen LogP contribution in [0.5, 0.6) is 0 Å². The quantitative estimate of drug-likeness (QED) is 0.665. The van der Waals surface area contributed by atoms with E-state index in [0.29, 0.717) is 6.42 Å². The molecule has 1 heterocycles. The van der Waals surface area contributed by atoms with Gasteiger partial charge in [0.2, 0.25) is 5.91 Å². The molecule has 0 radical (unpaired) electrons. The third-order valence-electron chi connectivity index (χ3n) is 4.06. The number of benzene rings is 2. The van der Waals surface area contributed by atoms with Crippen molar-refractivity contribution in [2.75, 3.05) is 22.2 Å². The van der Waals surface area contributed by atoms with Crippen LogP contribution in [0.4, 0.5) is 5.69 Å². The van der Waals surface area contributed by atoms with E-state index < -0.39 is 9.84 Å². The minimum Gasteiger partial charge on any atom is -0.308 e. The first-order valence-electron chi connectivity index (χ1n) is 7.91. The van der Waals surface area contributed by atoms with E-state index >= 15 is 0 Å². The van der Waals surface area contributed by atoms with Crippen molar-refractivity contribution in [2.24, 2.45) is 0 Å². The summed E-state index contributed by atoms with van der Waals surface area (Å²) < 4.78 is 24.7. The number of carbonyl (C=O) groups is 1. The molecule has 2 aromatic rings. The average Bonchev–Trinajstić information content (AvgIpc) is 2.95. The topological polar surface area (TPSA) is 54.5 Å². The van der Waals surface area contributed by atoms with Crippen molar-refractivity contribution in [3.63, 3.8) is 0 Å². The van der Waals surface area contributed by atoms with Gasteiger partial charge in [0.25, 0.3) is 0 Å². The minimum absolute atomic E-state index is 0.0351. The van der Waals surface area contributed by atoms with E-state index in [-0.39, 0.29) is 29.2 Å². The first-order chi connectivity index (χ1) is 12.0. The standard InChI is InChI=1S/C18H18BrNO3S2/c19-16-8-4-5-9-17(16)24-12-18(21)20(14-6-2-1-3-7-14)15-10-11-25(22,23)13-15/h1-9,15H,10-13H2/t15-/m0/s1. The van der Waals surface area contributed by atoms with Gasteiger partial charge in [-0.2, -0.15) is 0 Å². The van der Waals surface area contributed by atoms with Gasteiger partial charge in [0.05, 0.1) is 23.3 Å². The van der Waals surface area contributed by atoms with Crippen molar-refractivity contribution >= 4 is 49.1 Å². The van der Waals surface area contributed by atoms with Crippen LogP contribution in [-0.2, 0) is 14.6 Å². The zero-order valence-electron chi connectivity index (χ0n) is 13.5. The number of rotatable bonds is 5. The van der Waals surface area contributed by atoms with Crippen molar-refractivity contribution in [2.45, 2.75) is 17.4 Å². The highest BCUT2D eigenvalue weighted by atomic mass is 79.9. The van der Waals surface area contributed by atoms with Crippen LogP contribution < -0.4 is 4.90 Å².